The molecule has 0 atom stereocenters. The number of ketones is 1. The third-order valence-electron chi connectivity index (χ3n) is 4.50. The maximum atomic E-state index is 12.8. The summed E-state index contributed by atoms with van der Waals surface area (Å²) in [6.07, 6.45) is 1.17. The van der Waals surface area contributed by atoms with E-state index >= 15 is 0 Å². The van der Waals surface area contributed by atoms with Gasteiger partial charge in [0.1, 0.15) is 5.82 Å². The van der Waals surface area contributed by atoms with E-state index in [0.717, 1.165) is 0 Å². The van der Waals surface area contributed by atoms with Crippen LogP contribution in [0.3, 0.4) is 0 Å². The molecule has 0 saturated carbocycles. The zero-order valence-corrected chi connectivity index (χ0v) is 17.1. The topological polar surface area (TPSA) is 126 Å². The van der Waals surface area contributed by atoms with Gasteiger partial charge in [-0.2, -0.15) is 0 Å². The van der Waals surface area contributed by atoms with E-state index < -0.39 is 10.8 Å². The second-order valence-electron chi connectivity index (χ2n) is 6.72. The summed E-state index contributed by atoms with van der Waals surface area (Å²) in [5.74, 6) is -0.613. The Hall–Kier alpha value is -3.91. The highest BCUT2D eigenvalue weighted by Crippen LogP contribution is 2.22. The Morgan fingerprint density at radius 1 is 1.10 bits per heavy atom. The van der Waals surface area contributed by atoms with Crippen LogP contribution in [-0.4, -0.2) is 27.3 Å². The minimum absolute atomic E-state index is 0.127. The first-order chi connectivity index (χ1) is 14.7. The summed E-state index contributed by atoms with van der Waals surface area (Å²) in [6, 6.07) is 13.3. The molecular weight excluding hydrogens is 420 g/mol. The molecule has 0 radical (unpaired) electrons. The highest BCUT2D eigenvalue weighted by atomic mass is 35.5. The third kappa shape index (κ3) is 5.37. The van der Waals surface area contributed by atoms with Gasteiger partial charge in [-0.25, -0.2) is 4.98 Å². The summed E-state index contributed by atoms with van der Waals surface area (Å²) in [7, 11) is 0. The van der Waals surface area contributed by atoms with Crippen LogP contribution >= 0.6 is 11.6 Å². The zero-order valence-electron chi connectivity index (χ0n) is 16.4. The van der Waals surface area contributed by atoms with E-state index in [-0.39, 0.29) is 34.8 Å². The van der Waals surface area contributed by atoms with E-state index in [1.54, 1.807) is 37.3 Å². The van der Waals surface area contributed by atoms with Crippen LogP contribution in [0.15, 0.2) is 60.8 Å². The number of anilines is 1. The molecule has 0 bridgehead atoms. The van der Waals surface area contributed by atoms with Gasteiger partial charge in [0.15, 0.2) is 5.78 Å². The lowest BCUT2D eigenvalue weighted by Gasteiger charge is -2.10. The number of pyridine rings is 1. The molecule has 31 heavy (non-hydrogen) atoms. The van der Waals surface area contributed by atoms with Gasteiger partial charge in [0.05, 0.1) is 9.95 Å². The smallest absolute Gasteiger partial charge is 0.269 e. The van der Waals surface area contributed by atoms with E-state index in [4.69, 9.17) is 17.0 Å². The van der Waals surface area contributed by atoms with Gasteiger partial charge in [-0.05, 0) is 36.2 Å². The number of halogens is 1. The Balaban J connectivity index is 1.89. The maximum Gasteiger partial charge on any atom is 0.269 e. The molecule has 1 aromatic heterocycles. The maximum absolute atomic E-state index is 12.8. The second-order valence-corrected chi connectivity index (χ2v) is 7.15. The van der Waals surface area contributed by atoms with Crippen molar-refractivity contribution >= 4 is 40.5 Å². The largest absolute Gasteiger partial charge is 0.307 e. The molecule has 156 valence electrons. The van der Waals surface area contributed by atoms with Crippen LogP contribution in [0.1, 0.15) is 38.8 Å². The van der Waals surface area contributed by atoms with E-state index in [1.807, 2.05) is 0 Å². The van der Waals surface area contributed by atoms with E-state index in [0.29, 0.717) is 21.9 Å². The molecule has 0 aliphatic carbocycles. The first kappa shape index (κ1) is 21.8. The summed E-state index contributed by atoms with van der Waals surface area (Å²) < 4.78 is 0. The average Bonchev–Trinajstić information content (AvgIpc) is 2.75. The number of amides is 1. The Kier molecular flexibility index (Phi) is 6.52. The third-order valence-corrected chi connectivity index (χ3v) is 4.73. The molecule has 0 spiro atoms. The number of carbonyl (C=O) groups is 2. The summed E-state index contributed by atoms with van der Waals surface area (Å²) >= 11 is 5.79. The molecule has 2 aromatic carbocycles. The highest BCUT2D eigenvalue weighted by molar-refractivity contribution is 6.30. The van der Waals surface area contributed by atoms with Crippen LogP contribution in [0.25, 0.3) is 0 Å². The Morgan fingerprint density at radius 3 is 2.35 bits per heavy atom. The van der Waals surface area contributed by atoms with E-state index in [9.17, 15) is 19.7 Å². The quantitative estimate of drug-likeness (QED) is 0.240. The van der Waals surface area contributed by atoms with Crippen molar-refractivity contribution in [3.63, 3.8) is 0 Å². The van der Waals surface area contributed by atoms with Gasteiger partial charge in [-0.3, -0.25) is 19.7 Å². The standard InChI is InChI=1S/C22H17ClN4O4/c1-13(24)14-2-4-15(5-3-14)20(28)11-16-10-18(27(30)31)7-8-19(16)22(29)26-21-9-6-17(23)12-25-21/h2-10,12,24H,11H2,1H3,(H,25,26,29). The number of carbonyl (C=O) groups excluding carboxylic acids is 2. The number of benzene rings is 2. The Morgan fingerprint density at radius 2 is 1.77 bits per heavy atom. The molecule has 0 fully saturated rings. The summed E-state index contributed by atoms with van der Waals surface area (Å²) in [6.45, 7) is 1.64. The summed E-state index contributed by atoms with van der Waals surface area (Å²) in [5.41, 5.74) is 1.55. The molecule has 1 amide bonds. The van der Waals surface area contributed by atoms with Crippen molar-refractivity contribution in [3.8, 4) is 0 Å². The van der Waals surface area contributed by atoms with Gasteiger partial charge in [-0.1, -0.05) is 35.9 Å². The zero-order chi connectivity index (χ0) is 22.5. The normalized spacial score (nSPS) is 10.4. The number of Topliss-reactive ketones (excluding diaryl/α,β-unsaturated/α-hetero) is 1. The number of nitro benzene ring substituents is 1. The van der Waals surface area contributed by atoms with Crippen molar-refractivity contribution in [1.82, 2.24) is 4.98 Å². The number of non-ortho nitro benzene ring substituents is 1. The van der Waals surface area contributed by atoms with Crippen LogP contribution in [0.2, 0.25) is 5.02 Å². The van der Waals surface area contributed by atoms with Gasteiger partial charge in [0, 0.05) is 41.6 Å². The van der Waals surface area contributed by atoms with Crippen LogP contribution in [0.4, 0.5) is 11.5 Å². The number of nitrogens with zero attached hydrogens (tertiary/aromatic N) is 2. The SMILES string of the molecule is CC(=N)c1ccc(C(=O)Cc2cc([N+](=O)[O-])ccc2C(=O)Nc2ccc(Cl)cn2)cc1. The number of rotatable bonds is 7. The predicted octanol–water partition coefficient (Wildman–Crippen LogP) is 4.71. The van der Waals surface area contributed by atoms with E-state index in [2.05, 4.69) is 10.3 Å². The molecule has 1 heterocycles. The van der Waals surface area contributed by atoms with Crippen molar-refractivity contribution in [3.05, 3.63) is 98.2 Å². The number of nitrogens with one attached hydrogen (secondary N) is 2. The molecule has 9 heteroatoms. The van der Waals surface area contributed by atoms with Crippen molar-refractivity contribution in [2.45, 2.75) is 13.3 Å². The van der Waals surface area contributed by atoms with Gasteiger partial charge >= 0.3 is 0 Å². The fourth-order valence-electron chi connectivity index (χ4n) is 2.88. The fourth-order valence-corrected chi connectivity index (χ4v) is 2.99. The lowest BCUT2D eigenvalue weighted by atomic mass is 9.96. The lowest BCUT2D eigenvalue weighted by molar-refractivity contribution is -0.384. The molecule has 0 unspecified atom stereocenters. The molecule has 3 aromatic rings. The van der Waals surface area contributed by atoms with Gasteiger partial charge in [0.25, 0.3) is 11.6 Å². The monoisotopic (exact) mass is 436 g/mol. The average molecular weight is 437 g/mol. The number of hydrogen-bond donors (Lipinski definition) is 2. The minimum atomic E-state index is -0.585. The van der Waals surface area contributed by atoms with Crippen molar-refractivity contribution in [1.29, 1.82) is 5.41 Å². The molecular formula is C22H17ClN4O4. The fraction of sp³-hybridized carbons (Fsp3) is 0.0909. The predicted molar refractivity (Wildman–Crippen MR) is 117 cm³/mol. The molecule has 8 nitrogen and oxygen atoms in total. The van der Waals surface area contributed by atoms with Crippen molar-refractivity contribution in [2.24, 2.45) is 0 Å². The van der Waals surface area contributed by atoms with Crippen LogP contribution in [0, 0.1) is 15.5 Å². The first-order valence-electron chi connectivity index (χ1n) is 9.13. The van der Waals surface area contributed by atoms with Crippen LogP contribution < -0.4 is 5.32 Å². The first-order valence-corrected chi connectivity index (χ1v) is 9.51. The molecule has 2 N–H and O–H groups in total. The molecule has 0 aliphatic rings. The van der Waals surface area contributed by atoms with Gasteiger partial charge < -0.3 is 10.7 Å². The molecule has 3 rings (SSSR count). The van der Waals surface area contributed by atoms with Crippen LogP contribution in [0.5, 0.6) is 0 Å². The Bertz CT molecular complexity index is 1180. The highest BCUT2D eigenvalue weighted by Gasteiger charge is 2.19. The van der Waals surface area contributed by atoms with E-state index in [1.165, 1.54) is 30.5 Å². The number of aromatic nitrogens is 1. The number of nitro groups is 1. The van der Waals surface area contributed by atoms with Crippen molar-refractivity contribution in [2.75, 3.05) is 5.32 Å². The van der Waals surface area contributed by atoms with Crippen molar-refractivity contribution < 1.29 is 14.5 Å². The molecule has 0 saturated heterocycles. The Labute approximate surface area is 182 Å². The van der Waals surface area contributed by atoms with Crippen LogP contribution in [-0.2, 0) is 6.42 Å². The number of hydrogen-bond acceptors (Lipinski definition) is 6. The molecule has 0 aliphatic heterocycles. The van der Waals surface area contributed by atoms with Gasteiger partial charge in [-0.15, -0.1) is 0 Å². The summed E-state index contributed by atoms with van der Waals surface area (Å²) in [4.78, 5) is 40.1. The lowest BCUT2D eigenvalue weighted by Crippen LogP contribution is -2.17. The van der Waals surface area contributed by atoms with Gasteiger partial charge in [0.2, 0.25) is 0 Å². The second kappa shape index (κ2) is 9.27. The minimum Gasteiger partial charge on any atom is -0.307 e. The summed E-state index contributed by atoms with van der Waals surface area (Å²) in [5, 5.41) is 21.8.